The third kappa shape index (κ3) is 22.3. The molecule has 0 saturated carbocycles. The first-order chi connectivity index (χ1) is 17.9. The summed E-state index contributed by atoms with van der Waals surface area (Å²) >= 11 is 0. The van der Waals surface area contributed by atoms with E-state index in [1.807, 2.05) is 0 Å². The van der Waals surface area contributed by atoms with Crippen molar-refractivity contribution in [2.24, 2.45) is 0 Å². The highest BCUT2D eigenvalue weighted by atomic mass is 14.8. The number of aryl methyl sites for hydroxylation is 2. The monoisotopic (exact) mass is 499 g/mol. The SMILES string of the molecule is CCCCCCCCCCCCCCCc1cc(CCCCCCCCCCCCCCC)n[c]n1. The number of aromatic nitrogens is 2. The molecule has 0 aliphatic carbocycles. The molecule has 0 aliphatic heterocycles. The molecule has 1 aromatic rings. The van der Waals surface area contributed by atoms with Crippen molar-refractivity contribution in [1.82, 2.24) is 9.97 Å². The van der Waals surface area contributed by atoms with Crippen molar-refractivity contribution >= 4 is 0 Å². The van der Waals surface area contributed by atoms with Gasteiger partial charge < -0.3 is 0 Å². The highest BCUT2D eigenvalue weighted by Crippen LogP contribution is 2.15. The summed E-state index contributed by atoms with van der Waals surface area (Å²) in [5, 5.41) is 0. The van der Waals surface area contributed by atoms with Crippen molar-refractivity contribution in [3.63, 3.8) is 0 Å². The maximum absolute atomic E-state index is 4.41. The van der Waals surface area contributed by atoms with Gasteiger partial charge in [-0.3, -0.25) is 0 Å². The van der Waals surface area contributed by atoms with Crippen LogP contribution in [0.4, 0.5) is 0 Å². The fourth-order valence-electron chi connectivity index (χ4n) is 5.31. The average molecular weight is 500 g/mol. The van der Waals surface area contributed by atoms with Crippen LogP contribution >= 0.6 is 0 Å². The molecule has 1 heterocycles. The second-order valence-electron chi connectivity index (χ2n) is 11.4. The Bertz CT molecular complexity index is 511. The van der Waals surface area contributed by atoms with Crippen LogP contribution in [-0.4, -0.2) is 9.97 Å². The Morgan fingerprint density at radius 2 is 0.639 bits per heavy atom. The lowest BCUT2D eigenvalue weighted by atomic mass is 10.0. The first-order valence-corrected chi connectivity index (χ1v) is 16.6. The first kappa shape index (κ1) is 33.1. The standard InChI is InChI=1S/C34H63N2/c1-3-5-7-9-11-13-15-17-19-21-23-25-27-29-33-31-34(36-32-35-33)30-28-26-24-22-20-18-16-14-12-10-8-6-4-2/h31H,3-30H2,1-2H3. The molecule has 1 aromatic heterocycles. The van der Waals surface area contributed by atoms with Crippen LogP contribution in [0.1, 0.15) is 192 Å². The summed E-state index contributed by atoms with van der Waals surface area (Å²) in [6.45, 7) is 4.59. The number of nitrogens with zero attached hydrogens (tertiary/aromatic N) is 2. The summed E-state index contributed by atoms with van der Waals surface area (Å²) in [7, 11) is 0. The lowest BCUT2D eigenvalue weighted by Gasteiger charge is -2.05. The minimum atomic E-state index is 1.10. The highest BCUT2D eigenvalue weighted by Gasteiger charge is 2.01. The van der Waals surface area contributed by atoms with E-state index in [-0.39, 0.29) is 0 Å². The van der Waals surface area contributed by atoms with Crippen LogP contribution in [0.2, 0.25) is 0 Å². The highest BCUT2D eigenvalue weighted by molar-refractivity contribution is 5.08. The third-order valence-corrected chi connectivity index (χ3v) is 7.79. The lowest BCUT2D eigenvalue weighted by molar-refractivity contribution is 0.538. The normalized spacial score (nSPS) is 11.4. The predicted molar refractivity (Wildman–Crippen MR) is 160 cm³/mol. The van der Waals surface area contributed by atoms with Crippen molar-refractivity contribution < 1.29 is 0 Å². The van der Waals surface area contributed by atoms with Gasteiger partial charge in [0.2, 0.25) is 0 Å². The molecule has 0 fully saturated rings. The van der Waals surface area contributed by atoms with Gasteiger partial charge in [-0.15, -0.1) is 0 Å². The fourth-order valence-corrected chi connectivity index (χ4v) is 5.31. The average Bonchev–Trinajstić information content (AvgIpc) is 2.90. The smallest absolute Gasteiger partial charge is 0.198 e. The molecule has 1 radical (unpaired) electrons. The van der Waals surface area contributed by atoms with E-state index in [2.05, 4.69) is 36.2 Å². The minimum absolute atomic E-state index is 1.10. The summed E-state index contributed by atoms with van der Waals surface area (Å²) in [5.41, 5.74) is 2.41. The van der Waals surface area contributed by atoms with Crippen molar-refractivity contribution in [3.8, 4) is 0 Å². The van der Waals surface area contributed by atoms with Crippen molar-refractivity contribution in [2.45, 2.75) is 194 Å². The van der Waals surface area contributed by atoms with Crippen LogP contribution < -0.4 is 0 Å². The molecule has 2 nitrogen and oxygen atoms in total. The van der Waals surface area contributed by atoms with Crippen molar-refractivity contribution in [2.75, 3.05) is 0 Å². The maximum atomic E-state index is 4.41. The molecule has 2 heteroatoms. The summed E-state index contributed by atoms with van der Waals surface area (Å²) in [6.07, 6.45) is 41.8. The van der Waals surface area contributed by atoms with E-state index in [1.54, 1.807) is 0 Å². The van der Waals surface area contributed by atoms with Crippen LogP contribution in [0.5, 0.6) is 0 Å². The van der Waals surface area contributed by atoms with E-state index in [4.69, 9.17) is 0 Å². The number of hydrogen-bond acceptors (Lipinski definition) is 2. The Balaban J connectivity index is 1.89. The van der Waals surface area contributed by atoms with Crippen LogP contribution in [0.25, 0.3) is 0 Å². The minimum Gasteiger partial charge on any atom is -0.230 e. The van der Waals surface area contributed by atoms with Crippen LogP contribution in [-0.2, 0) is 12.8 Å². The molecule has 36 heavy (non-hydrogen) atoms. The molecule has 1 rings (SSSR count). The molecule has 0 aliphatic rings. The van der Waals surface area contributed by atoms with E-state index in [0.717, 1.165) is 12.8 Å². The molecule has 209 valence electrons. The molecular weight excluding hydrogens is 436 g/mol. The van der Waals surface area contributed by atoms with E-state index >= 15 is 0 Å². The molecule has 0 aromatic carbocycles. The van der Waals surface area contributed by atoms with Gasteiger partial charge in [-0.25, -0.2) is 9.97 Å². The predicted octanol–water partition coefficient (Wildman–Crippen LogP) is 11.5. The van der Waals surface area contributed by atoms with E-state index in [1.165, 1.54) is 178 Å². The number of rotatable bonds is 28. The van der Waals surface area contributed by atoms with Crippen molar-refractivity contribution in [1.29, 1.82) is 0 Å². The van der Waals surface area contributed by atoms with Gasteiger partial charge in [-0.2, -0.15) is 0 Å². The van der Waals surface area contributed by atoms with E-state index in [9.17, 15) is 0 Å². The summed E-state index contributed by atoms with van der Waals surface area (Å²) in [6, 6.07) is 2.25. The molecule has 0 bridgehead atoms. The van der Waals surface area contributed by atoms with Crippen LogP contribution in [0.3, 0.4) is 0 Å². The Labute approximate surface area is 227 Å². The Morgan fingerprint density at radius 1 is 0.389 bits per heavy atom. The van der Waals surface area contributed by atoms with Gasteiger partial charge in [0.25, 0.3) is 0 Å². The molecule has 0 atom stereocenters. The van der Waals surface area contributed by atoms with Gasteiger partial charge in [0.1, 0.15) is 0 Å². The molecule has 0 saturated heterocycles. The van der Waals surface area contributed by atoms with Gasteiger partial charge in [-0.05, 0) is 31.7 Å². The van der Waals surface area contributed by atoms with E-state index < -0.39 is 0 Å². The van der Waals surface area contributed by atoms with Gasteiger partial charge in [0.05, 0.1) is 0 Å². The second kappa shape index (κ2) is 27.1. The fraction of sp³-hybridized carbons (Fsp3) is 0.882. The zero-order valence-electron chi connectivity index (χ0n) is 24.8. The molecule has 0 N–H and O–H groups in total. The second-order valence-corrected chi connectivity index (χ2v) is 11.4. The first-order valence-electron chi connectivity index (χ1n) is 16.6. The molecule has 0 amide bonds. The van der Waals surface area contributed by atoms with Crippen LogP contribution in [0, 0.1) is 6.33 Å². The third-order valence-electron chi connectivity index (χ3n) is 7.79. The Kier molecular flexibility index (Phi) is 24.9. The number of unbranched alkanes of at least 4 members (excludes halogenated alkanes) is 24. The largest absolute Gasteiger partial charge is 0.230 e. The van der Waals surface area contributed by atoms with Gasteiger partial charge in [0, 0.05) is 11.4 Å². The molecular formula is C34H63N2. The summed E-state index contributed by atoms with van der Waals surface area (Å²) in [4.78, 5) is 8.82. The van der Waals surface area contributed by atoms with Crippen molar-refractivity contribution in [3.05, 3.63) is 23.8 Å². The topological polar surface area (TPSA) is 25.8 Å². The lowest BCUT2D eigenvalue weighted by Crippen LogP contribution is -1.97. The maximum Gasteiger partial charge on any atom is 0.198 e. The van der Waals surface area contributed by atoms with Gasteiger partial charge >= 0.3 is 0 Å². The van der Waals surface area contributed by atoms with Gasteiger partial charge in [-0.1, -0.05) is 168 Å². The summed E-state index contributed by atoms with van der Waals surface area (Å²) < 4.78 is 0. The zero-order valence-corrected chi connectivity index (χ0v) is 24.8. The Morgan fingerprint density at radius 3 is 0.917 bits per heavy atom. The molecule has 0 spiro atoms. The summed E-state index contributed by atoms with van der Waals surface area (Å²) in [5.74, 6) is 0. The number of hydrogen-bond donors (Lipinski definition) is 0. The molecule has 0 unspecified atom stereocenters. The van der Waals surface area contributed by atoms with Crippen LogP contribution in [0.15, 0.2) is 6.07 Å². The van der Waals surface area contributed by atoms with Gasteiger partial charge in [0.15, 0.2) is 6.33 Å². The quantitative estimate of drug-likeness (QED) is 0.107. The van der Waals surface area contributed by atoms with E-state index in [0.29, 0.717) is 0 Å². The zero-order chi connectivity index (χ0) is 25.8. The Hall–Kier alpha value is -0.920.